The van der Waals surface area contributed by atoms with Crippen molar-refractivity contribution >= 4 is 27.9 Å². The average Bonchev–Trinajstić information content (AvgIpc) is 3.02. The SMILES string of the molecule is COc1ccc2nc3oc(C(=O)N4CCN(C)CC4)cc3cc2c1. The van der Waals surface area contributed by atoms with Gasteiger partial charge in [0.25, 0.3) is 5.91 Å². The zero-order valence-corrected chi connectivity index (χ0v) is 13.8. The molecule has 3 aromatic rings. The molecule has 0 aliphatic carbocycles. The van der Waals surface area contributed by atoms with Gasteiger partial charge in [-0.05, 0) is 37.4 Å². The average molecular weight is 325 g/mol. The molecule has 1 aromatic carbocycles. The Morgan fingerprint density at radius 1 is 1.12 bits per heavy atom. The summed E-state index contributed by atoms with van der Waals surface area (Å²) in [5.74, 6) is 1.06. The van der Waals surface area contributed by atoms with Crippen LogP contribution in [0.25, 0.3) is 22.0 Å². The molecule has 1 aliphatic rings. The van der Waals surface area contributed by atoms with Crippen molar-refractivity contribution in [2.45, 2.75) is 0 Å². The molecular formula is C18H19N3O3. The molecule has 6 nitrogen and oxygen atoms in total. The second-order valence-corrected chi connectivity index (χ2v) is 6.15. The fourth-order valence-corrected chi connectivity index (χ4v) is 3.01. The van der Waals surface area contributed by atoms with E-state index in [1.165, 1.54) is 0 Å². The maximum Gasteiger partial charge on any atom is 0.289 e. The third kappa shape index (κ3) is 2.59. The van der Waals surface area contributed by atoms with Gasteiger partial charge in [0.2, 0.25) is 5.71 Å². The molecule has 1 amide bonds. The highest BCUT2D eigenvalue weighted by Gasteiger charge is 2.23. The van der Waals surface area contributed by atoms with Crippen LogP contribution in [0.5, 0.6) is 5.75 Å². The number of hydrogen-bond donors (Lipinski definition) is 0. The Kier molecular flexibility index (Phi) is 3.61. The molecule has 0 spiro atoms. The molecule has 1 fully saturated rings. The number of methoxy groups -OCH3 is 1. The van der Waals surface area contributed by atoms with E-state index in [9.17, 15) is 4.79 Å². The first-order chi connectivity index (χ1) is 11.6. The standard InChI is InChI=1S/C18H19N3O3/c1-20-5-7-21(8-6-20)18(22)16-11-13-9-12-10-14(23-2)3-4-15(12)19-17(13)24-16/h3-4,9-11H,5-8H2,1-2H3. The molecule has 0 unspecified atom stereocenters. The zero-order valence-electron chi connectivity index (χ0n) is 13.8. The number of amides is 1. The van der Waals surface area contributed by atoms with Crippen LogP contribution in [0.1, 0.15) is 10.6 Å². The minimum Gasteiger partial charge on any atom is -0.497 e. The molecule has 6 heteroatoms. The minimum atomic E-state index is -0.0669. The third-order valence-electron chi connectivity index (χ3n) is 4.51. The Balaban J connectivity index is 1.69. The largest absolute Gasteiger partial charge is 0.497 e. The van der Waals surface area contributed by atoms with Gasteiger partial charge < -0.3 is 19.0 Å². The van der Waals surface area contributed by atoms with Gasteiger partial charge in [-0.2, -0.15) is 0 Å². The molecule has 0 atom stereocenters. The molecule has 0 N–H and O–H groups in total. The monoisotopic (exact) mass is 325 g/mol. The lowest BCUT2D eigenvalue weighted by atomic mass is 10.2. The minimum absolute atomic E-state index is 0.0669. The summed E-state index contributed by atoms with van der Waals surface area (Å²) in [6.45, 7) is 3.21. The summed E-state index contributed by atoms with van der Waals surface area (Å²) in [5.41, 5.74) is 1.31. The van der Waals surface area contributed by atoms with Crippen LogP contribution in [0.3, 0.4) is 0 Å². The number of carbonyl (C=O) groups is 1. The second-order valence-electron chi connectivity index (χ2n) is 6.15. The molecule has 1 saturated heterocycles. The van der Waals surface area contributed by atoms with E-state index in [1.54, 1.807) is 13.2 Å². The van der Waals surface area contributed by atoms with Crippen LogP contribution in [0, 0.1) is 0 Å². The topological polar surface area (TPSA) is 58.8 Å². The third-order valence-corrected chi connectivity index (χ3v) is 4.51. The number of furan rings is 1. The molecule has 0 saturated carbocycles. The van der Waals surface area contributed by atoms with Crippen LogP contribution < -0.4 is 4.74 Å². The molecule has 24 heavy (non-hydrogen) atoms. The summed E-state index contributed by atoms with van der Waals surface area (Å²) in [6.07, 6.45) is 0. The second kappa shape index (κ2) is 5.79. The van der Waals surface area contributed by atoms with E-state index in [1.807, 2.05) is 29.2 Å². The van der Waals surface area contributed by atoms with E-state index in [2.05, 4.69) is 16.9 Å². The first-order valence-electron chi connectivity index (χ1n) is 8.00. The van der Waals surface area contributed by atoms with E-state index in [0.717, 1.165) is 48.2 Å². The van der Waals surface area contributed by atoms with Gasteiger partial charge in [-0.3, -0.25) is 4.79 Å². The summed E-state index contributed by atoms with van der Waals surface area (Å²) >= 11 is 0. The van der Waals surface area contributed by atoms with Crippen LogP contribution >= 0.6 is 0 Å². The van der Waals surface area contributed by atoms with E-state index >= 15 is 0 Å². The van der Waals surface area contributed by atoms with E-state index < -0.39 is 0 Å². The van der Waals surface area contributed by atoms with Crippen LogP contribution in [0.4, 0.5) is 0 Å². The maximum absolute atomic E-state index is 12.6. The van der Waals surface area contributed by atoms with Crippen molar-refractivity contribution in [3.63, 3.8) is 0 Å². The number of ether oxygens (including phenoxy) is 1. The van der Waals surface area contributed by atoms with Gasteiger partial charge in [-0.25, -0.2) is 4.98 Å². The van der Waals surface area contributed by atoms with Gasteiger partial charge in [0.05, 0.1) is 12.6 Å². The maximum atomic E-state index is 12.6. The van der Waals surface area contributed by atoms with E-state index in [4.69, 9.17) is 9.15 Å². The first-order valence-corrected chi connectivity index (χ1v) is 8.00. The van der Waals surface area contributed by atoms with Crippen LogP contribution in [0.15, 0.2) is 34.7 Å². The summed E-state index contributed by atoms with van der Waals surface area (Å²) in [5, 5.41) is 1.79. The quantitative estimate of drug-likeness (QED) is 0.724. The smallest absolute Gasteiger partial charge is 0.289 e. The van der Waals surface area contributed by atoms with Gasteiger partial charge >= 0.3 is 0 Å². The van der Waals surface area contributed by atoms with Crippen molar-refractivity contribution in [3.05, 3.63) is 36.1 Å². The predicted molar refractivity (Wildman–Crippen MR) is 91.5 cm³/mol. The zero-order chi connectivity index (χ0) is 16.7. The van der Waals surface area contributed by atoms with Crippen molar-refractivity contribution in [2.24, 2.45) is 0 Å². The number of hydrogen-bond acceptors (Lipinski definition) is 5. The highest BCUT2D eigenvalue weighted by molar-refractivity contribution is 5.98. The van der Waals surface area contributed by atoms with Crippen molar-refractivity contribution in [1.29, 1.82) is 0 Å². The lowest BCUT2D eigenvalue weighted by Crippen LogP contribution is -2.47. The van der Waals surface area contributed by atoms with E-state index in [-0.39, 0.29) is 5.91 Å². The first kappa shape index (κ1) is 15.0. The Labute approximate surface area is 139 Å². The number of nitrogens with zero attached hydrogens (tertiary/aromatic N) is 3. The fraction of sp³-hybridized carbons (Fsp3) is 0.333. The Morgan fingerprint density at radius 3 is 2.67 bits per heavy atom. The number of carbonyl (C=O) groups excluding carboxylic acids is 1. The molecule has 4 rings (SSSR count). The molecule has 3 heterocycles. The lowest BCUT2D eigenvalue weighted by molar-refractivity contribution is 0.0634. The Morgan fingerprint density at radius 2 is 1.92 bits per heavy atom. The summed E-state index contributed by atoms with van der Waals surface area (Å²) in [6, 6.07) is 9.43. The summed E-state index contributed by atoms with van der Waals surface area (Å²) in [4.78, 5) is 21.2. The molecule has 0 radical (unpaired) electrons. The highest BCUT2D eigenvalue weighted by Crippen LogP contribution is 2.26. The van der Waals surface area contributed by atoms with Gasteiger partial charge in [-0.1, -0.05) is 0 Å². The number of likely N-dealkylation sites (N-methyl/N-ethyl adjacent to an activating group) is 1. The van der Waals surface area contributed by atoms with Gasteiger partial charge in [-0.15, -0.1) is 0 Å². The number of pyridine rings is 1. The fourth-order valence-electron chi connectivity index (χ4n) is 3.01. The van der Waals surface area contributed by atoms with Crippen molar-refractivity contribution < 1.29 is 13.9 Å². The lowest BCUT2D eigenvalue weighted by Gasteiger charge is -2.31. The Hall–Kier alpha value is -2.60. The number of fused-ring (bicyclic) bond motifs is 2. The highest BCUT2D eigenvalue weighted by atomic mass is 16.5. The molecular weight excluding hydrogens is 306 g/mol. The predicted octanol–water partition coefficient (Wildman–Crippen LogP) is 2.38. The van der Waals surface area contributed by atoms with Crippen molar-refractivity contribution in [2.75, 3.05) is 40.3 Å². The molecule has 1 aliphatic heterocycles. The van der Waals surface area contributed by atoms with Crippen molar-refractivity contribution in [1.82, 2.24) is 14.8 Å². The molecule has 124 valence electrons. The van der Waals surface area contributed by atoms with Crippen LogP contribution in [0.2, 0.25) is 0 Å². The number of piperazine rings is 1. The molecule has 0 bridgehead atoms. The Bertz CT molecular complexity index is 910. The van der Waals surface area contributed by atoms with Gasteiger partial charge in [0.1, 0.15) is 5.75 Å². The van der Waals surface area contributed by atoms with Crippen LogP contribution in [-0.2, 0) is 0 Å². The summed E-state index contributed by atoms with van der Waals surface area (Å²) in [7, 11) is 3.70. The van der Waals surface area contributed by atoms with Crippen molar-refractivity contribution in [3.8, 4) is 5.75 Å². The summed E-state index contributed by atoms with van der Waals surface area (Å²) < 4.78 is 11.0. The number of rotatable bonds is 2. The van der Waals surface area contributed by atoms with Gasteiger partial charge in [0, 0.05) is 37.0 Å². The van der Waals surface area contributed by atoms with Crippen LogP contribution in [-0.4, -0.2) is 61.0 Å². The van der Waals surface area contributed by atoms with Gasteiger partial charge in [0.15, 0.2) is 5.76 Å². The van der Waals surface area contributed by atoms with E-state index in [0.29, 0.717) is 11.5 Å². The number of benzene rings is 1. The molecule has 2 aromatic heterocycles. The normalized spacial score (nSPS) is 16.0. The number of aromatic nitrogens is 1.